The first kappa shape index (κ1) is 17.7. The molecule has 3 N–H and O–H groups in total. The Labute approximate surface area is 115 Å². The van der Waals surface area contributed by atoms with Crippen LogP contribution in [0.2, 0.25) is 0 Å². The van der Waals surface area contributed by atoms with Crippen LogP contribution in [0.4, 0.5) is 4.79 Å². The molecule has 0 unspecified atom stereocenters. The van der Waals surface area contributed by atoms with Crippen LogP contribution in [0.25, 0.3) is 0 Å². The Balaban J connectivity index is 3.37. The fraction of sp³-hybridized carbons (Fsp3) is 0.846. The molecular formula is C13H27N3O3. The van der Waals surface area contributed by atoms with Gasteiger partial charge >= 0.3 is 12.0 Å². The number of carboxylic acids is 1. The molecule has 0 atom stereocenters. The molecular weight excluding hydrogens is 246 g/mol. The lowest BCUT2D eigenvalue weighted by atomic mass is 10.2. The smallest absolute Gasteiger partial charge is 0.314 e. The van der Waals surface area contributed by atoms with Crippen molar-refractivity contribution in [2.75, 3.05) is 32.7 Å². The van der Waals surface area contributed by atoms with Crippen molar-refractivity contribution < 1.29 is 14.7 Å². The zero-order valence-electron chi connectivity index (χ0n) is 12.1. The number of carboxylic acid groups (broad SMARTS) is 1. The Kier molecular flexibility index (Phi) is 11.0. The van der Waals surface area contributed by atoms with Gasteiger partial charge in [-0.25, -0.2) is 4.79 Å². The predicted molar refractivity (Wildman–Crippen MR) is 75.3 cm³/mol. The number of hydrogen-bond donors (Lipinski definition) is 3. The molecule has 0 aliphatic heterocycles. The number of hydrogen-bond acceptors (Lipinski definition) is 3. The van der Waals surface area contributed by atoms with Gasteiger partial charge in [0.1, 0.15) is 0 Å². The Hall–Kier alpha value is -1.30. The molecule has 0 rings (SSSR count). The zero-order valence-corrected chi connectivity index (χ0v) is 12.1. The van der Waals surface area contributed by atoms with Gasteiger partial charge in [-0.1, -0.05) is 13.8 Å². The summed E-state index contributed by atoms with van der Waals surface area (Å²) in [5.41, 5.74) is 0. The normalized spacial score (nSPS) is 10.5. The number of urea groups is 1. The number of amides is 2. The van der Waals surface area contributed by atoms with Crippen LogP contribution in [0.5, 0.6) is 0 Å². The topological polar surface area (TPSA) is 81.7 Å². The molecule has 0 aromatic heterocycles. The lowest BCUT2D eigenvalue weighted by Gasteiger charge is -2.17. The predicted octanol–water partition coefficient (Wildman–Crippen LogP) is 1.27. The molecule has 0 aliphatic rings. The van der Waals surface area contributed by atoms with Crippen molar-refractivity contribution in [3.05, 3.63) is 0 Å². The quantitative estimate of drug-likeness (QED) is 0.495. The van der Waals surface area contributed by atoms with Gasteiger partial charge in [-0.3, -0.25) is 4.79 Å². The lowest BCUT2D eigenvalue weighted by Crippen LogP contribution is -2.37. The number of unbranched alkanes of at least 4 members (excludes halogenated alkanes) is 1. The first-order chi connectivity index (χ1) is 9.10. The van der Waals surface area contributed by atoms with E-state index >= 15 is 0 Å². The van der Waals surface area contributed by atoms with Gasteiger partial charge in [-0.15, -0.1) is 0 Å². The highest BCUT2D eigenvalue weighted by atomic mass is 16.4. The van der Waals surface area contributed by atoms with Crippen LogP contribution in [-0.2, 0) is 4.79 Å². The summed E-state index contributed by atoms with van der Waals surface area (Å²) in [6, 6.07) is -0.171. The molecule has 19 heavy (non-hydrogen) atoms. The van der Waals surface area contributed by atoms with Gasteiger partial charge < -0.3 is 20.6 Å². The van der Waals surface area contributed by atoms with E-state index in [0.29, 0.717) is 25.9 Å². The Morgan fingerprint density at radius 2 is 1.58 bits per heavy atom. The number of carbonyl (C=O) groups is 2. The van der Waals surface area contributed by atoms with Crippen LogP contribution in [-0.4, -0.2) is 54.7 Å². The van der Waals surface area contributed by atoms with Gasteiger partial charge in [0.25, 0.3) is 0 Å². The van der Waals surface area contributed by atoms with Crippen LogP contribution in [0, 0.1) is 0 Å². The van der Waals surface area contributed by atoms with E-state index in [4.69, 9.17) is 5.11 Å². The molecule has 6 heteroatoms. The minimum atomic E-state index is -0.791. The van der Waals surface area contributed by atoms with E-state index in [1.54, 1.807) is 0 Å². The van der Waals surface area contributed by atoms with Crippen molar-refractivity contribution in [3.63, 3.8) is 0 Å². The van der Waals surface area contributed by atoms with E-state index < -0.39 is 5.97 Å². The molecule has 6 nitrogen and oxygen atoms in total. The molecule has 0 aliphatic carbocycles. The van der Waals surface area contributed by atoms with E-state index in [9.17, 15) is 9.59 Å². The van der Waals surface area contributed by atoms with Crippen molar-refractivity contribution in [3.8, 4) is 0 Å². The molecule has 0 spiro atoms. The highest BCUT2D eigenvalue weighted by Gasteiger charge is 2.01. The maximum Gasteiger partial charge on any atom is 0.314 e. The molecule has 0 saturated carbocycles. The van der Waals surface area contributed by atoms with Gasteiger partial charge in [0, 0.05) is 19.5 Å². The molecule has 0 fully saturated rings. The summed E-state index contributed by atoms with van der Waals surface area (Å²) in [5.74, 6) is -0.791. The van der Waals surface area contributed by atoms with Crippen LogP contribution in [0.3, 0.4) is 0 Å². The maximum absolute atomic E-state index is 11.4. The molecule has 0 aromatic rings. The summed E-state index contributed by atoms with van der Waals surface area (Å²) in [7, 11) is 0. The summed E-state index contributed by atoms with van der Waals surface area (Å²) in [4.78, 5) is 24.0. The van der Waals surface area contributed by atoms with Crippen molar-refractivity contribution in [2.24, 2.45) is 0 Å². The first-order valence-electron chi connectivity index (χ1n) is 7.06. The van der Waals surface area contributed by atoms with Crippen molar-refractivity contribution in [1.29, 1.82) is 0 Å². The van der Waals surface area contributed by atoms with Crippen molar-refractivity contribution >= 4 is 12.0 Å². The van der Waals surface area contributed by atoms with E-state index in [-0.39, 0.29) is 12.5 Å². The van der Waals surface area contributed by atoms with Gasteiger partial charge in [-0.05, 0) is 38.9 Å². The number of carbonyl (C=O) groups excluding carboxylic acids is 1. The fourth-order valence-electron chi connectivity index (χ4n) is 1.71. The van der Waals surface area contributed by atoms with Gasteiger partial charge in [0.2, 0.25) is 0 Å². The standard InChI is InChI=1S/C13H27N3O3/c1-3-16(4-2)11-7-10-15-13(19)14-9-6-5-8-12(17)18/h3-11H2,1-2H3,(H,17,18)(H2,14,15,19). The van der Waals surface area contributed by atoms with Gasteiger partial charge in [0.15, 0.2) is 0 Å². The monoisotopic (exact) mass is 273 g/mol. The molecule has 0 heterocycles. The third-order valence-corrected chi connectivity index (χ3v) is 2.93. The zero-order chi connectivity index (χ0) is 14.5. The number of nitrogens with zero attached hydrogens (tertiary/aromatic N) is 1. The summed E-state index contributed by atoms with van der Waals surface area (Å²) in [6.07, 6.45) is 2.39. The van der Waals surface area contributed by atoms with Crippen molar-refractivity contribution in [2.45, 2.75) is 39.5 Å². The number of nitrogens with one attached hydrogen (secondary N) is 2. The second-order valence-corrected chi connectivity index (χ2v) is 4.41. The third-order valence-electron chi connectivity index (χ3n) is 2.93. The highest BCUT2D eigenvalue weighted by molar-refractivity contribution is 5.73. The summed E-state index contributed by atoms with van der Waals surface area (Å²) in [6.45, 7) is 8.50. The Bertz CT molecular complexity index is 256. The second kappa shape index (κ2) is 11.8. The van der Waals surface area contributed by atoms with Crippen LogP contribution in [0.15, 0.2) is 0 Å². The van der Waals surface area contributed by atoms with Crippen LogP contribution in [0.1, 0.15) is 39.5 Å². The van der Waals surface area contributed by atoms with Crippen LogP contribution < -0.4 is 10.6 Å². The van der Waals surface area contributed by atoms with E-state index in [2.05, 4.69) is 29.4 Å². The van der Waals surface area contributed by atoms with E-state index in [1.807, 2.05) is 0 Å². The van der Waals surface area contributed by atoms with E-state index in [0.717, 1.165) is 26.1 Å². The minimum absolute atomic E-state index is 0.160. The lowest BCUT2D eigenvalue weighted by molar-refractivity contribution is -0.137. The van der Waals surface area contributed by atoms with Crippen molar-refractivity contribution in [1.82, 2.24) is 15.5 Å². The summed E-state index contributed by atoms with van der Waals surface area (Å²) >= 11 is 0. The average molecular weight is 273 g/mol. The Morgan fingerprint density at radius 3 is 2.11 bits per heavy atom. The van der Waals surface area contributed by atoms with E-state index in [1.165, 1.54) is 0 Å². The minimum Gasteiger partial charge on any atom is -0.481 e. The molecule has 0 aromatic carbocycles. The molecule has 0 radical (unpaired) electrons. The maximum atomic E-state index is 11.4. The number of rotatable bonds is 11. The fourth-order valence-corrected chi connectivity index (χ4v) is 1.71. The van der Waals surface area contributed by atoms with Gasteiger partial charge in [0.05, 0.1) is 0 Å². The molecule has 2 amide bonds. The van der Waals surface area contributed by atoms with Crippen LogP contribution >= 0.6 is 0 Å². The highest BCUT2D eigenvalue weighted by Crippen LogP contribution is 1.93. The summed E-state index contributed by atoms with van der Waals surface area (Å²) in [5, 5.41) is 14.0. The third kappa shape index (κ3) is 11.5. The number of aliphatic carboxylic acids is 1. The van der Waals surface area contributed by atoms with Gasteiger partial charge in [-0.2, -0.15) is 0 Å². The molecule has 0 saturated heterocycles. The summed E-state index contributed by atoms with van der Waals surface area (Å²) < 4.78 is 0. The second-order valence-electron chi connectivity index (χ2n) is 4.41. The average Bonchev–Trinajstić information content (AvgIpc) is 2.38. The first-order valence-corrected chi connectivity index (χ1v) is 7.06. The molecule has 112 valence electrons. The molecule has 0 bridgehead atoms. The Morgan fingerprint density at radius 1 is 1.00 bits per heavy atom. The SMILES string of the molecule is CCN(CC)CCCNC(=O)NCCCCC(=O)O. The largest absolute Gasteiger partial charge is 0.481 e.